The molecule has 1 aromatic heterocycles. The van der Waals surface area contributed by atoms with Crippen molar-refractivity contribution in [2.24, 2.45) is 0 Å². The Balaban J connectivity index is 2.22. The second-order valence-electron chi connectivity index (χ2n) is 4.55. The molecule has 2 heterocycles. The molecule has 1 aromatic carbocycles. The molecule has 0 spiro atoms. The average molecular weight is 217 g/mol. The van der Waals surface area contributed by atoms with Crippen LogP contribution in [0.1, 0.15) is 37.6 Å². The van der Waals surface area contributed by atoms with Gasteiger partial charge in [0.05, 0.1) is 6.61 Å². The first-order chi connectivity index (χ1) is 7.75. The van der Waals surface area contributed by atoms with Crippen molar-refractivity contribution in [3.05, 3.63) is 23.6 Å². The van der Waals surface area contributed by atoms with Crippen molar-refractivity contribution in [3.63, 3.8) is 0 Å². The van der Waals surface area contributed by atoms with Gasteiger partial charge in [0, 0.05) is 11.5 Å². The zero-order valence-corrected chi connectivity index (χ0v) is 9.62. The minimum Gasteiger partial charge on any atom is -0.493 e. The number of fused-ring (bicyclic) bond motifs is 3. The van der Waals surface area contributed by atoms with Gasteiger partial charge in [-0.05, 0) is 25.0 Å². The van der Waals surface area contributed by atoms with Crippen molar-refractivity contribution < 1.29 is 9.15 Å². The molecule has 0 aliphatic carbocycles. The van der Waals surface area contributed by atoms with Crippen LogP contribution >= 0.6 is 0 Å². The lowest BCUT2D eigenvalue weighted by Gasteiger charge is -2.16. The predicted molar refractivity (Wildman–Crippen MR) is 61.9 cm³/mol. The molecule has 0 bridgehead atoms. The summed E-state index contributed by atoms with van der Waals surface area (Å²) in [7, 11) is 0. The molecule has 84 valence electrons. The fourth-order valence-electron chi connectivity index (χ4n) is 2.10. The van der Waals surface area contributed by atoms with E-state index in [4.69, 9.17) is 9.15 Å². The number of aromatic nitrogens is 1. The first kappa shape index (κ1) is 9.70. The van der Waals surface area contributed by atoms with E-state index in [9.17, 15) is 0 Å². The molecule has 2 aromatic rings. The van der Waals surface area contributed by atoms with Crippen LogP contribution in [0.4, 0.5) is 0 Å². The number of benzene rings is 1. The van der Waals surface area contributed by atoms with Crippen LogP contribution in [-0.4, -0.2) is 11.6 Å². The van der Waals surface area contributed by atoms with Crippen molar-refractivity contribution in [2.75, 3.05) is 6.61 Å². The zero-order valence-electron chi connectivity index (χ0n) is 9.62. The molecule has 0 saturated heterocycles. The third-order valence-corrected chi connectivity index (χ3v) is 2.96. The summed E-state index contributed by atoms with van der Waals surface area (Å²) in [5.74, 6) is 2.11. The Morgan fingerprint density at radius 3 is 3.00 bits per heavy atom. The lowest BCUT2D eigenvalue weighted by molar-refractivity contribution is 0.289. The Morgan fingerprint density at radius 2 is 2.19 bits per heavy atom. The number of rotatable bonds is 1. The van der Waals surface area contributed by atoms with Gasteiger partial charge in [-0.2, -0.15) is 0 Å². The van der Waals surface area contributed by atoms with E-state index in [1.165, 1.54) is 5.56 Å². The maximum Gasteiger partial charge on any atom is 0.198 e. The SMILES string of the molecule is CC(C)c1nc2c3c(ccc2o1)OCCC3. The fourth-order valence-corrected chi connectivity index (χ4v) is 2.10. The first-order valence-corrected chi connectivity index (χ1v) is 5.81. The predicted octanol–water partition coefficient (Wildman–Crippen LogP) is 3.28. The van der Waals surface area contributed by atoms with E-state index < -0.39 is 0 Å². The maximum atomic E-state index is 5.73. The highest BCUT2D eigenvalue weighted by atomic mass is 16.5. The van der Waals surface area contributed by atoms with E-state index >= 15 is 0 Å². The summed E-state index contributed by atoms with van der Waals surface area (Å²) in [6.07, 6.45) is 2.10. The first-order valence-electron chi connectivity index (χ1n) is 5.81. The normalized spacial score (nSPS) is 15.2. The number of oxazole rings is 1. The van der Waals surface area contributed by atoms with Crippen molar-refractivity contribution in [1.82, 2.24) is 4.98 Å². The van der Waals surface area contributed by atoms with Gasteiger partial charge >= 0.3 is 0 Å². The highest BCUT2D eigenvalue weighted by Crippen LogP contribution is 2.33. The largest absolute Gasteiger partial charge is 0.493 e. The van der Waals surface area contributed by atoms with Gasteiger partial charge in [-0.15, -0.1) is 0 Å². The average Bonchev–Trinajstić information content (AvgIpc) is 2.73. The standard InChI is InChI=1S/C13H15NO2/c1-8(2)13-14-12-9-4-3-7-15-10(9)5-6-11(12)16-13/h5-6,8H,3-4,7H2,1-2H3. The van der Waals surface area contributed by atoms with Gasteiger partial charge in [0.25, 0.3) is 0 Å². The molecule has 3 nitrogen and oxygen atoms in total. The lowest BCUT2D eigenvalue weighted by atomic mass is 10.1. The number of nitrogens with zero attached hydrogens (tertiary/aromatic N) is 1. The number of ether oxygens (including phenoxy) is 1. The minimum atomic E-state index is 0.326. The zero-order chi connectivity index (χ0) is 11.1. The van der Waals surface area contributed by atoms with E-state index in [1.54, 1.807) is 0 Å². The van der Waals surface area contributed by atoms with Gasteiger partial charge in [-0.1, -0.05) is 13.8 Å². The Labute approximate surface area is 94.4 Å². The maximum absolute atomic E-state index is 5.73. The summed E-state index contributed by atoms with van der Waals surface area (Å²) in [4.78, 5) is 4.58. The molecule has 0 N–H and O–H groups in total. The third kappa shape index (κ3) is 1.39. The fraction of sp³-hybridized carbons (Fsp3) is 0.462. The molecule has 1 aliphatic heterocycles. The van der Waals surface area contributed by atoms with E-state index in [2.05, 4.69) is 18.8 Å². The summed E-state index contributed by atoms with van der Waals surface area (Å²) in [5, 5.41) is 0. The number of hydrogen-bond donors (Lipinski definition) is 0. The second-order valence-corrected chi connectivity index (χ2v) is 4.55. The van der Waals surface area contributed by atoms with Crippen LogP contribution in [0.25, 0.3) is 11.1 Å². The Hall–Kier alpha value is -1.51. The van der Waals surface area contributed by atoms with Crippen LogP contribution < -0.4 is 4.74 Å². The van der Waals surface area contributed by atoms with E-state index in [-0.39, 0.29) is 0 Å². The van der Waals surface area contributed by atoms with Crippen LogP contribution in [0.3, 0.4) is 0 Å². The molecular formula is C13H15NO2. The summed E-state index contributed by atoms with van der Waals surface area (Å²) in [6.45, 7) is 4.99. The van der Waals surface area contributed by atoms with Crippen molar-refractivity contribution >= 4 is 11.1 Å². The molecule has 0 radical (unpaired) electrons. The number of hydrogen-bond acceptors (Lipinski definition) is 3. The quantitative estimate of drug-likeness (QED) is 0.735. The van der Waals surface area contributed by atoms with Gasteiger partial charge in [0.15, 0.2) is 11.5 Å². The Bertz CT molecular complexity index is 528. The van der Waals surface area contributed by atoms with Crippen LogP contribution in [0.5, 0.6) is 5.75 Å². The van der Waals surface area contributed by atoms with Gasteiger partial charge in [0.2, 0.25) is 0 Å². The van der Waals surface area contributed by atoms with Gasteiger partial charge in [-0.25, -0.2) is 4.98 Å². The summed E-state index contributed by atoms with van der Waals surface area (Å²) >= 11 is 0. The summed E-state index contributed by atoms with van der Waals surface area (Å²) < 4.78 is 11.3. The van der Waals surface area contributed by atoms with Gasteiger partial charge in [-0.3, -0.25) is 0 Å². The molecule has 3 rings (SSSR count). The molecule has 0 atom stereocenters. The molecule has 0 fully saturated rings. The van der Waals surface area contributed by atoms with Gasteiger partial charge in [0.1, 0.15) is 11.3 Å². The Kier molecular flexibility index (Phi) is 2.13. The van der Waals surface area contributed by atoms with Gasteiger partial charge < -0.3 is 9.15 Å². The van der Waals surface area contributed by atoms with E-state index in [0.29, 0.717) is 5.92 Å². The lowest BCUT2D eigenvalue weighted by Crippen LogP contribution is -2.08. The summed E-state index contributed by atoms with van der Waals surface area (Å²) in [6, 6.07) is 3.95. The molecule has 3 heteroatoms. The Morgan fingerprint density at radius 1 is 1.31 bits per heavy atom. The molecule has 16 heavy (non-hydrogen) atoms. The highest BCUT2D eigenvalue weighted by molar-refractivity contribution is 5.79. The number of aryl methyl sites for hydroxylation is 1. The van der Waals surface area contributed by atoms with Crippen molar-refractivity contribution in [2.45, 2.75) is 32.6 Å². The second kappa shape index (κ2) is 3.51. The topological polar surface area (TPSA) is 35.3 Å². The third-order valence-electron chi connectivity index (χ3n) is 2.96. The van der Waals surface area contributed by atoms with Crippen molar-refractivity contribution in [3.8, 4) is 5.75 Å². The van der Waals surface area contributed by atoms with Crippen LogP contribution in [-0.2, 0) is 6.42 Å². The molecule has 0 unspecified atom stereocenters. The van der Waals surface area contributed by atoms with E-state index in [1.807, 2.05) is 12.1 Å². The molecule has 0 amide bonds. The smallest absolute Gasteiger partial charge is 0.198 e. The molecule has 1 aliphatic rings. The highest BCUT2D eigenvalue weighted by Gasteiger charge is 2.18. The molecule has 0 saturated carbocycles. The van der Waals surface area contributed by atoms with Crippen LogP contribution in [0.2, 0.25) is 0 Å². The van der Waals surface area contributed by atoms with Crippen molar-refractivity contribution in [1.29, 1.82) is 0 Å². The monoisotopic (exact) mass is 217 g/mol. The van der Waals surface area contributed by atoms with Crippen LogP contribution in [0.15, 0.2) is 16.5 Å². The molecular weight excluding hydrogens is 202 g/mol. The van der Waals surface area contributed by atoms with Crippen LogP contribution in [0, 0.1) is 0 Å². The van der Waals surface area contributed by atoms with E-state index in [0.717, 1.165) is 42.2 Å². The summed E-state index contributed by atoms with van der Waals surface area (Å²) in [5.41, 5.74) is 3.08. The minimum absolute atomic E-state index is 0.326.